The highest BCUT2D eigenvalue weighted by Gasteiger charge is 2.13. The van der Waals surface area contributed by atoms with E-state index < -0.39 is 0 Å². The number of rotatable bonds is 3. The maximum Gasteiger partial charge on any atom is 0.255 e. The van der Waals surface area contributed by atoms with Gasteiger partial charge in [-0.1, -0.05) is 0 Å². The molecule has 0 aromatic carbocycles. The van der Waals surface area contributed by atoms with Crippen LogP contribution >= 0.6 is 0 Å². The zero-order valence-electron chi connectivity index (χ0n) is 8.19. The van der Waals surface area contributed by atoms with Crippen molar-refractivity contribution >= 4 is 5.91 Å². The molecule has 1 atom stereocenters. The number of nitrogens with one attached hydrogen (secondary N) is 3. The van der Waals surface area contributed by atoms with Gasteiger partial charge in [0.15, 0.2) is 0 Å². The number of hydrogen-bond donors (Lipinski definition) is 3. The maximum atomic E-state index is 11.6. The molecule has 6 nitrogen and oxygen atoms in total. The van der Waals surface area contributed by atoms with Gasteiger partial charge in [0.1, 0.15) is 5.82 Å². The van der Waals surface area contributed by atoms with Crippen molar-refractivity contribution < 1.29 is 4.79 Å². The van der Waals surface area contributed by atoms with E-state index in [9.17, 15) is 4.79 Å². The first kappa shape index (κ1) is 9.45. The van der Waals surface area contributed by atoms with Gasteiger partial charge in [0.25, 0.3) is 5.91 Å². The summed E-state index contributed by atoms with van der Waals surface area (Å²) in [6, 6.07) is -0.151. The highest BCUT2D eigenvalue weighted by atomic mass is 16.1. The summed E-state index contributed by atoms with van der Waals surface area (Å²) in [5.41, 5.74) is 0.508. The van der Waals surface area contributed by atoms with Crippen molar-refractivity contribution in [3.8, 4) is 0 Å². The maximum absolute atomic E-state index is 11.6. The summed E-state index contributed by atoms with van der Waals surface area (Å²) in [7, 11) is 0. The second-order valence-electron chi connectivity index (χ2n) is 3.16. The van der Waals surface area contributed by atoms with E-state index >= 15 is 0 Å². The predicted octanol–water partition coefficient (Wildman–Crippen LogP) is 0.624. The molecule has 0 saturated carbocycles. The first-order chi connectivity index (χ1) is 7.27. The van der Waals surface area contributed by atoms with E-state index in [1.807, 2.05) is 6.92 Å². The Morgan fingerprint density at radius 2 is 2.47 bits per heavy atom. The summed E-state index contributed by atoms with van der Waals surface area (Å²) < 4.78 is 0. The molecule has 0 saturated heterocycles. The molecule has 0 aliphatic carbocycles. The van der Waals surface area contributed by atoms with Crippen LogP contribution in [0.3, 0.4) is 0 Å². The average molecular weight is 205 g/mol. The van der Waals surface area contributed by atoms with Gasteiger partial charge in [0.05, 0.1) is 17.8 Å². The van der Waals surface area contributed by atoms with Gasteiger partial charge in [-0.25, -0.2) is 4.98 Å². The van der Waals surface area contributed by atoms with Gasteiger partial charge in [-0.2, -0.15) is 5.10 Å². The third kappa shape index (κ3) is 2.04. The quantitative estimate of drug-likeness (QED) is 0.686. The molecule has 6 heteroatoms. The van der Waals surface area contributed by atoms with Crippen LogP contribution in [0.15, 0.2) is 24.8 Å². The third-order valence-corrected chi connectivity index (χ3v) is 2.04. The van der Waals surface area contributed by atoms with Crippen LogP contribution in [0.25, 0.3) is 0 Å². The molecule has 1 amide bonds. The van der Waals surface area contributed by atoms with Gasteiger partial charge in [-0.15, -0.1) is 0 Å². The average Bonchev–Trinajstić information content (AvgIpc) is 2.91. The zero-order valence-corrected chi connectivity index (χ0v) is 8.19. The van der Waals surface area contributed by atoms with Crippen LogP contribution in [0.5, 0.6) is 0 Å². The summed E-state index contributed by atoms with van der Waals surface area (Å²) in [6.07, 6.45) is 6.39. The lowest BCUT2D eigenvalue weighted by Gasteiger charge is -2.09. The van der Waals surface area contributed by atoms with Crippen LogP contribution in [-0.4, -0.2) is 26.1 Å². The predicted molar refractivity (Wildman–Crippen MR) is 53.1 cm³/mol. The fourth-order valence-electron chi connectivity index (χ4n) is 1.24. The van der Waals surface area contributed by atoms with E-state index in [4.69, 9.17) is 0 Å². The number of carbonyl (C=O) groups excluding carboxylic acids is 1. The topological polar surface area (TPSA) is 86.5 Å². The van der Waals surface area contributed by atoms with Crippen LogP contribution in [0, 0.1) is 0 Å². The first-order valence-corrected chi connectivity index (χ1v) is 4.56. The Labute approximate surface area is 86.1 Å². The summed E-state index contributed by atoms with van der Waals surface area (Å²) >= 11 is 0. The van der Waals surface area contributed by atoms with Crippen LogP contribution < -0.4 is 5.32 Å². The van der Waals surface area contributed by atoms with E-state index in [1.54, 1.807) is 18.6 Å². The number of nitrogens with zero attached hydrogens (tertiary/aromatic N) is 2. The second kappa shape index (κ2) is 3.95. The zero-order chi connectivity index (χ0) is 10.7. The van der Waals surface area contributed by atoms with E-state index in [2.05, 4.69) is 25.5 Å². The van der Waals surface area contributed by atoms with Crippen LogP contribution in [0.1, 0.15) is 29.1 Å². The Kier molecular flexibility index (Phi) is 2.49. The van der Waals surface area contributed by atoms with Crippen molar-refractivity contribution in [2.75, 3.05) is 0 Å². The van der Waals surface area contributed by atoms with E-state index in [0.717, 1.165) is 5.82 Å². The molecule has 0 bridgehead atoms. The second-order valence-corrected chi connectivity index (χ2v) is 3.16. The number of amides is 1. The number of imidazole rings is 1. The summed E-state index contributed by atoms with van der Waals surface area (Å²) in [5.74, 6) is 0.555. The molecule has 0 fully saturated rings. The van der Waals surface area contributed by atoms with Crippen molar-refractivity contribution in [2.24, 2.45) is 0 Å². The van der Waals surface area contributed by atoms with E-state index in [-0.39, 0.29) is 11.9 Å². The van der Waals surface area contributed by atoms with Crippen LogP contribution in [0.2, 0.25) is 0 Å². The molecular weight excluding hydrogens is 194 g/mol. The number of aromatic amines is 2. The molecule has 0 aliphatic rings. The lowest BCUT2D eigenvalue weighted by molar-refractivity contribution is 0.0938. The monoisotopic (exact) mass is 205 g/mol. The molecule has 2 rings (SSSR count). The van der Waals surface area contributed by atoms with Gasteiger partial charge in [-0.05, 0) is 6.92 Å². The van der Waals surface area contributed by atoms with Crippen molar-refractivity contribution in [3.05, 3.63) is 36.2 Å². The van der Waals surface area contributed by atoms with Crippen molar-refractivity contribution in [2.45, 2.75) is 13.0 Å². The van der Waals surface area contributed by atoms with Gasteiger partial charge >= 0.3 is 0 Å². The van der Waals surface area contributed by atoms with E-state index in [1.165, 1.54) is 6.20 Å². The molecule has 2 aromatic rings. The Hall–Kier alpha value is -2.11. The van der Waals surface area contributed by atoms with Crippen molar-refractivity contribution in [1.82, 2.24) is 25.5 Å². The Morgan fingerprint density at radius 1 is 1.60 bits per heavy atom. The molecule has 0 aliphatic heterocycles. The number of carbonyl (C=O) groups is 1. The normalized spacial score (nSPS) is 12.3. The fraction of sp³-hybridized carbons (Fsp3) is 0.222. The molecule has 2 aromatic heterocycles. The van der Waals surface area contributed by atoms with Gasteiger partial charge in [-0.3, -0.25) is 9.89 Å². The minimum Gasteiger partial charge on any atom is -0.347 e. The third-order valence-electron chi connectivity index (χ3n) is 2.04. The molecule has 0 radical (unpaired) electrons. The largest absolute Gasteiger partial charge is 0.347 e. The molecule has 0 spiro atoms. The van der Waals surface area contributed by atoms with E-state index in [0.29, 0.717) is 5.56 Å². The van der Waals surface area contributed by atoms with Gasteiger partial charge in [0.2, 0.25) is 0 Å². The number of aromatic nitrogens is 4. The highest BCUT2D eigenvalue weighted by molar-refractivity contribution is 5.93. The molecular formula is C9H11N5O. The fourth-order valence-corrected chi connectivity index (χ4v) is 1.24. The lowest BCUT2D eigenvalue weighted by atomic mass is 10.2. The summed E-state index contributed by atoms with van der Waals surface area (Å²) in [5, 5.41) is 9.08. The van der Waals surface area contributed by atoms with Crippen molar-refractivity contribution in [1.29, 1.82) is 0 Å². The van der Waals surface area contributed by atoms with Gasteiger partial charge < -0.3 is 10.3 Å². The minimum atomic E-state index is -0.173. The Bertz CT molecular complexity index is 419. The first-order valence-electron chi connectivity index (χ1n) is 4.56. The Morgan fingerprint density at radius 3 is 3.07 bits per heavy atom. The highest BCUT2D eigenvalue weighted by Crippen LogP contribution is 2.06. The van der Waals surface area contributed by atoms with Crippen molar-refractivity contribution in [3.63, 3.8) is 0 Å². The minimum absolute atomic E-state index is 0.151. The van der Waals surface area contributed by atoms with Crippen LogP contribution in [0.4, 0.5) is 0 Å². The van der Waals surface area contributed by atoms with Crippen LogP contribution in [-0.2, 0) is 0 Å². The molecule has 3 N–H and O–H groups in total. The lowest BCUT2D eigenvalue weighted by Crippen LogP contribution is -2.26. The standard InChI is InChI=1S/C9H11N5O/c1-6(8-10-2-3-11-8)14-9(15)7-4-12-13-5-7/h2-6H,1H3,(H,10,11)(H,12,13)(H,14,15). The molecule has 78 valence electrons. The van der Waals surface area contributed by atoms with Gasteiger partial charge in [0, 0.05) is 18.6 Å². The SMILES string of the molecule is CC(NC(=O)c1cn[nH]c1)c1ncc[nH]1. The molecule has 2 heterocycles. The summed E-state index contributed by atoms with van der Waals surface area (Å²) in [4.78, 5) is 18.6. The summed E-state index contributed by atoms with van der Waals surface area (Å²) in [6.45, 7) is 1.86. The number of H-pyrrole nitrogens is 2. The smallest absolute Gasteiger partial charge is 0.255 e. The molecule has 1 unspecified atom stereocenters. The molecule has 15 heavy (non-hydrogen) atoms. The number of hydrogen-bond acceptors (Lipinski definition) is 3. The Balaban J connectivity index is 2.01.